The van der Waals surface area contributed by atoms with E-state index in [1.165, 1.54) is 26.4 Å². The molecule has 0 aliphatic carbocycles. The van der Waals surface area contributed by atoms with E-state index in [4.69, 9.17) is 0 Å². The van der Waals surface area contributed by atoms with Crippen LogP contribution in [0.2, 0.25) is 0 Å². The highest BCUT2D eigenvalue weighted by Gasteiger charge is 2.01. The van der Waals surface area contributed by atoms with Crippen LogP contribution in [0.3, 0.4) is 0 Å². The second-order valence-corrected chi connectivity index (χ2v) is 5.82. The summed E-state index contributed by atoms with van der Waals surface area (Å²) in [4.78, 5) is 2.85. The highest BCUT2D eigenvalue weighted by Crippen LogP contribution is 2.20. The van der Waals surface area contributed by atoms with E-state index in [1.807, 2.05) is 11.3 Å². The third kappa shape index (κ3) is 3.18. The Morgan fingerprint density at radius 3 is 2.41 bits per heavy atom. The lowest BCUT2D eigenvalue weighted by atomic mass is 10.1. The van der Waals surface area contributed by atoms with Gasteiger partial charge in [0.25, 0.3) is 0 Å². The van der Waals surface area contributed by atoms with Gasteiger partial charge >= 0.3 is 0 Å². The van der Waals surface area contributed by atoms with Crippen molar-refractivity contribution in [2.45, 2.75) is 33.9 Å². The Kier molecular flexibility index (Phi) is 3.97. The van der Waals surface area contributed by atoms with Gasteiger partial charge in [-0.2, -0.15) is 0 Å². The predicted octanol–water partition coefficient (Wildman–Crippen LogP) is 3.96. The summed E-state index contributed by atoms with van der Waals surface area (Å²) >= 11 is 1.89. The molecule has 0 amide bonds. The van der Waals surface area contributed by atoms with Crippen LogP contribution in [0.5, 0.6) is 0 Å². The third-order valence-electron chi connectivity index (χ3n) is 3.09. The molecule has 0 saturated carbocycles. The molecule has 0 aliphatic heterocycles. The predicted molar refractivity (Wildman–Crippen MR) is 75.5 cm³/mol. The maximum Gasteiger partial charge on any atom is 0.0303 e. The molecule has 0 saturated heterocycles. The first-order valence-corrected chi connectivity index (χ1v) is 6.79. The Hall–Kier alpha value is -1.12. The zero-order valence-corrected chi connectivity index (χ0v) is 11.5. The first-order chi connectivity index (χ1) is 8.16. The molecule has 0 fully saturated rings. The van der Waals surface area contributed by atoms with Crippen molar-refractivity contribution in [2.24, 2.45) is 0 Å². The highest BCUT2D eigenvalue weighted by atomic mass is 32.1. The summed E-state index contributed by atoms with van der Waals surface area (Å²) in [5, 5.41) is 3.51. The van der Waals surface area contributed by atoms with Gasteiger partial charge in [-0.3, -0.25) is 0 Å². The fraction of sp³-hybridized carbons (Fsp3) is 0.333. The van der Waals surface area contributed by atoms with Gasteiger partial charge in [-0.1, -0.05) is 24.3 Å². The molecule has 0 aliphatic rings. The van der Waals surface area contributed by atoms with Crippen LogP contribution < -0.4 is 5.32 Å². The van der Waals surface area contributed by atoms with Crippen LogP contribution in [-0.2, 0) is 13.1 Å². The number of nitrogens with one attached hydrogen (secondary N) is 1. The molecule has 2 rings (SSSR count). The molecule has 90 valence electrons. The summed E-state index contributed by atoms with van der Waals surface area (Å²) in [6.45, 7) is 8.44. The van der Waals surface area contributed by atoms with Gasteiger partial charge in [0, 0.05) is 22.8 Å². The monoisotopic (exact) mass is 245 g/mol. The fourth-order valence-corrected chi connectivity index (χ4v) is 2.89. The van der Waals surface area contributed by atoms with Crippen LogP contribution in [0.4, 0.5) is 0 Å². The number of hydrogen-bond donors (Lipinski definition) is 1. The maximum atomic E-state index is 3.51. The van der Waals surface area contributed by atoms with Crippen molar-refractivity contribution in [1.29, 1.82) is 0 Å². The first kappa shape index (κ1) is 12.3. The second kappa shape index (κ2) is 5.48. The second-order valence-electron chi connectivity index (χ2n) is 4.48. The van der Waals surface area contributed by atoms with Gasteiger partial charge in [0.15, 0.2) is 0 Å². The molecule has 2 heteroatoms. The Labute approximate surface area is 108 Å². The smallest absolute Gasteiger partial charge is 0.0303 e. The van der Waals surface area contributed by atoms with Crippen LogP contribution in [0, 0.1) is 20.8 Å². The summed E-state index contributed by atoms with van der Waals surface area (Å²) in [7, 11) is 0. The van der Waals surface area contributed by atoms with E-state index < -0.39 is 0 Å². The van der Waals surface area contributed by atoms with Gasteiger partial charge in [-0.25, -0.2) is 0 Å². The molecule has 0 bridgehead atoms. The average Bonchev–Trinajstić information content (AvgIpc) is 2.61. The van der Waals surface area contributed by atoms with Crippen LogP contribution >= 0.6 is 11.3 Å². The van der Waals surface area contributed by atoms with E-state index in [9.17, 15) is 0 Å². The molecule has 1 aromatic heterocycles. The third-order valence-corrected chi connectivity index (χ3v) is 4.25. The molecule has 1 N–H and O–H groups in total. The molecule has 0 spiro atoms. The van der Waals surface area contributed by atoms with Gasteiger partial charge in [-0.05, 0) is 43.5 Å². The Morgan fingerprint density at radius 1 is 1.00 bits per heavy atom. The molecule has 0 atom stereocenters. The summed E-state index contributed by atoms with van der Waals surface area (Å²) in [5.41, 5.74) is 4.15. The minimum atomic E-state index is 0.947. The summed E-state index contributed by atoms with van der Waals surface area (Å²) in [6, 6.07) is 10.8. The normalized spacial score (nSPS) is 10.8. The standard InChI is InChI=1S/C15H19NS/c1-11-6-4-5-7-14(11)9-16-10-15-8-12(2)13(3)17-15/h4-8,16H,9-10H2,1-3H3. The van der Waals surface area contributed by atoms with Crippen molar-refractivity contribution in [3.63, 3.8) is 0 Å². The van der Waals surface area contributed by atoms with Gasteiger partial charge in [0.2, 0.25) is 0 Å². The van der Waals surface area contributed by atoms with Crippen LogP contribution in [0.1, 0.15) is 26.4 Å². The molecule has 2 aromatic rings. The number of rotatable bonds is 4. The van der Waals surface area contributed by atoms with Crippen molar-refractivity contribution in [3.8, 4) is 0 Å². The molecular formula is C15H19NS. The van der Waals surface area contributed by atoms with E-state index in [0.29, 0.717) is 0 Å². The van der Waals surface area contributed by atoms with Gasteiger partial charge in [-0.15, -0.1) is 11.3 Å². The zero-order valence-electron chi connectivity index (χ0n) is 10.7. The fourth-order valence-electron chi connectivity index (χ4n) is 1.87. The van der Waals surface area contributed by atoms with E-state index in [0.717, 1.165) is 13.1 Å². The maximum absolute atomic E-state index is 3.51. The Balaban J connectivity index is 1.90. The number of hydrogen-bond acceptors (Lipinski definition) is 2. The van der Waals surface area contributed by atoms with E-state index in [2.05, 4.69) is 56.4 Å². The highest BCUT2D eigenvalue weighted by molar-refractivity contribution is 7.12. The zero-order chi connectivity index (χ0) is 12.3. The lowest BCUT2D eigenvalue weighted by Crippen LogP contribution is -2.12. The van der Waals surface area contributed by atoms with Crippen molar-refractivity contribution >= 4 is 11.3 Å². The lowest BCUT2D eigenvalue weighted by molar-refractivity contribution is 0.698. The minimum absolute atomic E-state index is 0.947. The molecule has 1 nitrogen and oxygen atoms in total. The van der Waals surface area contributed by atoms with Gasteiger partial charge in [0.05, 0.1) is 0 Å². The molecule has 1 heterocycles. The van der Waals surface area contributed by atoms with Gasteiger partial charge in [0.1, 0.15) is 0 Å². The van der Waals surface area contributed by atoms with Crippen molar-refractivity contribution < 1.29 is 0 Å². The molecule has 0 unspecified atom stereocenters. The largest absolute Gasteiger partial charge is 0.308 e. The minimum Gasteiger partial charge on any atom is -0.308 e. The summed E-state index contributed by atoms with van der Waals surface area (Å²) in [5.74, 6) is 0. The van der Waals surface area contributed by atoms with E-state index in [1.54, 1.807) is 0 Å². The number of aryl methyl sites for hydroxylation is 3. The van der Waals surface area contributed by atoms with Crippen LogP contribution in [0.15, 0.2) is 30.3 Å². The van der Waals surface area contributed by atoms with Crippen molar-refractivity contribution in [3.05, 3.63) is 56.8 Å². The van der Waals surface area contributed by atoms with Crippen LogP contribution in [-0.4, -0.2) is 0 Å². The summed E-state index contributed by atoms with van der Waals surface area (Å²) < 4.78 is 0. The summed E-state index contributed by atoms with van der Waals surface area (Å²) in [6.07, 6.45) is 0. The molecular weight excluding hydrogens is 226 g/mol. The lowest BCUT2D eigenvalue weighted by Gasteiger charge is -2.06. The van der Waals surface area contributed by atoms with Crippen molar-refractivity contribution in [1.82, 2.24) is 5.32 Å². The number of thiophene rings is 1. The number of benzene rings is 1. The Morgan fingerprint density at radius 2 is 1.76 bits per heavy atom. The van der Waals surface area contributed by atoms with Crippen molar-refractivity contribution in [2.75, 3.05) is 0 Å². The molecule has 0 radical (unpaired) electrons. The quantitative estimate of drug-likeness (QED) is 0.859. The Bertz CT molecular complexity index is 480. The van der Waals surface area contributed by atoms with Gasteiger partial charge < -0.3 is 5.32 Å². The van der Waals surface area contributed by atoms with E-state index >= 15 is 0 Å². The average molecular weight is 245 g/mol. The SMILES string of the molecule is Cc1ccccc1CNCc1cc(C)c(C)s1. The molecule has 17 heavy (non-hydrogen) atoms. The van der Waals surface area contributed by atoms with E-state index in [-0.39, 0.29) is 0 Å². The topological polar surface area (TPSA) is 12.0 Å². The first-order valence-electron chi connectivity index (χ1n) is 5.98. The molecule has 1 aromatic carbocycles. The van der Waals surface area contributed by atoms with Crippen LogP contribution in [0.25, 0.3) is 0 Å².